The molecule has 0 aliphatic rings. The predicted molar refractivity (Wildman–Crippen MR) is 70.6 cm³/mol. The van der Waals surface area contributed by atoms with E-state index in [-0.39, 0.29) is 11.6 Å². The van der Waals surface area contributed by atoms with Gasteiger partial charge in [0, 0.05) is 26.0 Å². The summed E-state index contributed by atoms with van der Waals surface area (Å²) < 4.78 is 1.85. The van der Waals surface area contributed by atoms with Crippen LogP contribution in [0.4, 0.5) is 5.82 Å². The lowest BCUT2D eigenvalue weighted by molar-refractivity contribution is 0.0944. The highest BCUT2D eigenvalue weighted by atomic mass is 16.1. The second kappa shape index (κ2) is 5.94. The third kappa shape index (κ3) is 3.27. The number of aromatic nitrogens is 4. The van der Waals surface area contributed by atoms with Gasteiger partial charge in [-0.05, 0) is 6.92 Å². The van der Waals surface area contributed by atoms with Crippen LogP contribution < -0.4 is 10.6 Å². The van der Waals surface area contributed by atoms with Gasteiger partial charge in [-0.25, -0.2) is 15.0 Å². The molecule has 0 saturated carbocycles. The maximum Gasteiger partial charge on any atom is 0.271 e. The van der Waals surface area contributed by atoms with Crippen LogP contribution in [0.15, 0.2) is 24.8 Å². The van der Waals surface area contributed by atoms with Crippen molar-refractivity contribution in [3.05, 3.63) is 36.3 Å². The molecular weight excluding hydrogens is 244 g/mol. The van der Waals surface area contributed by atoms with Crippen molar-refractivity contribution in [3.8, 4) is 0 Å². The summed E-state index contributed by atoms with van der Waals surface area (Å²) >= 11 is 0. The maximum atomic E-state index is 11.8. The van der Waals surface area contributed by atoms with Crippen LogP contribution in [0.3, 0.4) is 0 Å². The summed E-state index contributed by atoms with van der Waals surface area (Å²) in [7, 11) is 1.87. The molecule has 0 fully saturated rings. The summed E-state index contributed by atoms with van der Waals surface area (Å²) in [6.45, 7) is 3.09. The average Bonchev–Trinajstić information content (AvgIpc) is 2.83. The van der Waals surface area contributed by atoms with E-state index in [1.54, 1.807) is 12.4 Å². The Labute approximate surface area is 111 Å². The van der Waals surface area contributed by atoms with Gasteiger partial charge in [0.15, 0.2) is 0 Å². The Morgan fingerprint density at radius 2 is 2.16 bits per heavy atom. The summed E-state index contributed by atoms with van der Waals surface area (Å²) in [4.78, 5) is 24.1. The van der Waals surface area contributed by atoms with Gasteiger partial charge in [-0.3, -0.25) is 4.79 Å². The van der Waals surface area contributed by atoms with E-state index in [2.05, 4.69) is 25.6 Å². The van der Waals surface area contributed by atoms with Crippen LogP contribution in [-0.2, 0) is 13.6 Å². The lowest BCUT2D eigenvalue weighted by Crippen LogP contribution is -2.25. The molecule has 19 heavy (non-hydrogen) atoms. The second-order valence-corrected chi connectivity index (χ2v) is 3.95. The molecule has 2 rings (SSSR count). The molecule has 0 bridgehead atoms. The molecule has 1 amide bonds. The Kier molecular flexibility index (Phi) is 4.07. The van der Waals surface area contributed by atoms with E-state index in [0.29, 0.717) is 12.4 Å². The summed E-state index contributed by atoms with van der Waals surface area (Å²) in [6.07, 6.45) is 6.50. The number of hydrogen-bond acceptors (Lipinski definition) is 5. The van der Waals surface area contributed by atoms with Gasteiger partial charge in [-0.2, -0.15) is 0 Å². The third-order valence-electron chi connectivity index (χ3n) is 2.57. The Balaban J connectivity index is 1.94. The molecule has 7 heteroatoms. The number of carbonyl (C=O) groups excluding carboxylic acids is 1. The first-order valence-electron chi connectivity index (χ1n) is 6.01. The Morgan fingerprint density at radius 3 is 2.74 bits per heavy atom. The van der Waals surface area contributed by atoms with Crippen molar-refractivity contribution in [1.29, 1.82) is 0 Å². The van der Waals surface area contributed by atoms with Gasteiger partial charge in [0.1, 0.15) is 17.3 Å². The maximum absolute atomic E-state index is 11.8. The average molecular weight is 260 g/mol. The number of carbonyl (C=O) groups is 1. The van der Waals surface area contributed by atoms with Crippen molar-refractivity contribution in [3.63, 3.8) is 0 Å². The van der Waals surface area contributed by atoms with Gasteiger partial charge < -0.3 is 15.2 Å². The van der Waals surface area contributed by atoms with E-state index < -0.39 is 0 Å². The molecule has 0 atom stereocenters. The monoisotopic (exact) mass is 260 g/mol. The molecule has 0 radical (unpaired) electrons. The fourth-order valence-electron chi connectivity index (χ4n) is 1.53. The summed E-state index contributed by atoms with van der Waals surface area (Å²) in [5.74, 6) is 1.17. The van der Waals surface area contributed by atoms with Crippen molar-refractivity contribution in [2.75, 3.05) is 11.9 Å². The van der Waals surface area contributed by atoms with E-state index in [0.717, 1.165) is 12.4 Å². The largest absolute Gasteiger partial charge is 0.369 e. The lowest BCUT2D eigenvalue weighted by atomic mass is 10.4. The van der Waals surface area contributed by atoms with Crippen molar-refractivity contribution in [1.82, 2.24) is 24.8 Å². The van der Waals surface area contributed by atoms with Crippen LogP contribution in [0, 0.1) is 0 Å². The zero-order valence-corrected chi connectivity index (χ0v) is 10.9. The molecular formula is C12H16N6O. The minimum atomic E-state index is -0.265. The Morgan fingerprint density at radius 1 is 1.32 bits per heavy atom. The fraction of sp³-hybridized carbons (Fsp3) is 0.333. The molecule has 7 nitrogen and oxygen atoms in total. The van der Waals surface area contributed by atoms with Crippen LogP contribution in [0.1, 0.15) is 23.2 Å². The van der Waals surface area contributed by atoms with Crippen LogP contribution >= 0.6 is 0 Å². The number of imidazole rings is 1. The lowest BCUT2D eigenvalue weighted by Gasteiger charge is -2.05. The van der Waals surface area contributed by atoms with Gasteiger partial charge in [0.2, 0.25) is 0 Å². The van der Waals surface area contributed by atoms with Gasteiger partial charge in [-0.15, -0.1) is 0 Å². The van der Waals surface area contributed by atoms with Crippen molar-refractivity contribution in [2.24, 2.45) is 7.05 Å². The zero-order valence-electron chi connectivity index (χ0n) is 10.9. The fourth-order valence-corrected chi connectivity index (χ4v) is 1.53. The molecule has 0 unspecified atom stereocenters. The van der Waals surface area contributed by atoms with Crippen molar-refractivity contribution >= 4 is 11.7 Å². The van der Waals surface area contributed by atoms with Crippen LogP contribution in [0.25, 0.3) is 0 Å². The smallest absolute Gasteiger partial charge is 0.271 e. The quantitative estimate of drug-likeness (QED) is 0.821. The number of nitrogens with zero attached hydrogens (tertiary/aromatic N) is 4. The van der Waals surface area contributed by atoms with E-state index >= 15 is 0 Å². The van der Waals surface area contributed by atoms with Crippen LogP contribution in [0.5, 0.6) is 0 Å². The normalized spacial score (nSPS) is 10.2. The van der Waals surface area contributed by atoms with E-state index in [1.807, 2.05) is 24.7 Å². The first kappa shape index (κ1) is 13.0. The van der Waals surface area contributed by atoms with E-state index in [4.69, 9.17) is 0 Å². The predicted octanol–water partition coefficient (Wildman–Crippen LogP) is 0.572. The molecule has 100 valence electrons. The minimum absolute atomic E-state index is 0.265. The number of amides is 1. The van der Waals surface area contributed by atoms with Crippen LogP contribution in [0.2, 0.25) is 0 Å². The summed E-state index contributed by atoms with van der Waals surface area (Å²) in [5.41, 5.74) is 0.288. The van der Waals surface area contributed by atoms with Crippen molar-refractivity contribution < 1.29 is 4.79 Å². The molecule has 0 saturated heterocycles. The zero-order chi connectivity index (χ0) is 13.7. The Bertz CT molecular complexity index is 548. The van der Waals surface area contributed by atoms with Crippen molar-refractivity contribution in [2.45, 2.75) is 13.5 Å². The molecule has 0 spiro atoms. The van der Waals surface area contributed by atoms with Gasteiger partial charge in [0.05, 0.1) is 18.9 Å². The molecule has 0 aromatic carbocycles. The van der Waals surface area contributed by atoms with E-state index in [1.165, 1.54) is 6.20 Å². The third-order valence-corrected chi connectivity index (χ3v) is 2.57. The Hall–Kier alpha value is -2.44. The van der Waals surface area contributed by atoms with Gasteiger partial charge >= 0.3 is 0 Å². The number of rotatable bonds is 5. The molecule has 0 aliphatic carbocycles. The second-order valence-electron chi connectivity index (χ2n) is 3.95. The highest BCUT2D eigenvalue weighted by Gasteiger charge is 2.08. The highest BCUT2D eigenvalue weighted by Crippen LogP contribution is 2.01. The molecule has 2 aromatic heterocycles. The van der Waals surface area contributed by atoms with Gasteiger partial charge in [0.25, 0.3) is 5.91 Å². The number of aryl methyl sites for hydroxylation is 1. The topological polar surface area (TPSA) is 84.7 Å². The van der Waals surface area contributed by atoms with Crippen LogP contribution in [-0.4, -0.2) is 32.0 Å². The molecule has 2 heterocycles. The van der Waals surface area contributed by atoms with E-state index in [9.17, 15) is 4.79 Å². The first-order valence-corrected chi connectivity index (χ1v) is 6.01. The SMILES string of the molecule is CCNc1cnc(C(=O)NCc2nccn2C)cn1. The molecule has 2 aromatic rings. The van der Waals surface area contributed by atoms with Gasteiger partial charge in [-0.1, -0.05) is 0 Å². The molecule has 0 aliphatic heterocycles. The minimum Gasteiger partial charge on any atom is -0.369 e. The standard InChI is InChI=1S/C12H16N6O/c1-3-13-10-7-15-9(6-16-10)12(19)17-8-11-14-4-5-18(11)2/h4-7H,3,8H2,1-2H3,(H,13,16)(H,17,19). The first-order chi connectivity index (χ1) is 9.20. The summed E-state index contributed by atoms with van der Waals surface area (Å²) in [5, 5.41) is 5.77. The summed E-state index contributed by atoms with van der Waals surface area (Å²) in [6, 6.07) is 0. The highest BCUT2D eigenvalue weighted by molar-refractivity contribution is 5.91. The molecule has 2 N–H and O–H groups in total. The number of anilines is 1. The number of hydrogen-bond donors (Lipinski definition) is 2. The number of nitrogens with one attached hydrogen (secondary N) is 2.